The highest BCUT2D eigenvalue weighted by molar-refractivity contribution is 5.95. The summed E-state index contributed by atoms with van der Waals surface area (Å²) in [7, 11) is 0. The summed E-state index contributed by atoms with van der Waals surface area (Å²) in [5, 5.41) is 5.34. The molecule has 5 heteroatoms. The van der Waals surface area contributed by atoms with Crippen LogP contribution in [0.15, 0.2) is 42.5 Å². The van der Waals surface area contributed by atoms with E-state index in [1.807, 2.05) is 44.2 Å². The molecule has 0 unspecified atom stereocenters. The molecule has 2 amide bonds. The lowest BCUT2D eigenvalue weighted by molar-refractivity contribution is -0.123. The van der Waals surface area contributed by atoms with Crippen LogP contribution in [-0.4, -0.2) is 18.4 Å². The molecule has 25 heavy (non-hydrogen) atoms. The van der Waals surface area contributed by atoms with Crippen LogP contribution in [-0.2, 0) is 16.2 Å². The zero-order chi connectivity index (χ0) is 18.2. The molecule has 0 aliphatic rings. The maximum absolute atomic E-state index is 11.9. The van der Waals surface area contributed by atoms with Crippen molar-refractivity contribution in [3.8, 4) is 5.75 Å². The second-order valence-electron chi connectivity index (χ2n) is 5.93. The molecule has 0 aliphatic carbocycles. The zero-order valence-electron chi connectivity index (χ0n) is 14.9. The Kier molecular flexibility index (Phi) is 6.57. The Hall–Kier alpha value is -2.82. The predicted molar refractivity (Wildman–Crippen MR) is 98.6 cm³/mol. The van der Waals surface area contributed by atoms with Gasteiger partial charge in [-0.25, -0.2) is 0 Å². The van der Waals surface area contributed by atoms with Crippen LogP contribution in [0.3, 0.4) is 0 Å². The van der Waals surface area contributed by atoms with Gasteiger partial charge in [-0.05, 0) is 43.2 Å². The quantitative estimate of drug-likeness (QED) is 0.812. The molecule has 0 radical (unpaired) electrons. The van der Waals surface area contributed by atoms with Gasteiger partial charge in [0.1, 0.15) is 12.4 Å². The molecule has 0 saturated heterocycles. The van der Waals surface area contributed by atoms with Crippen molar-refractivity contribution in [2.45, 2.75) is 33.8 Å². The van der Waals surface area contributed by atoms with Gasteiger partial charge < -0.3 is 15.4 Å². The Bertz CT molecular complexity index is 756. The van der Waals surface area contributed by atoms with E-state index in [1.54, 1.807) is 13.0 Å². The van der Waals surface area contributed by atoms with E-state index in [2.05, 4.69) is 16.7 Å². The minimum absolute atomic E-state index is 0.0300. The molecule has 0 fully saturated rings. The van der Waals surface area contributed by atoms with Gasteiger partial charge in [-0.15, -0.1) is 0 Å². The molecule has 0 bridgehead atoms. The summed E-state index contributed by atoms with van der Waals surface area (Å²) in [4.78, 5) is 23.0. The van der Waals surface area contributed by atoms with Gasteiger partial charge >= 0.3 is 0 Å². The van der Waals surface area contributed by atoms with Gasteiger partial charge in [0.2, 0.25) is 11.8 Å². The molecule has 2 aromatic rings. The van der Waals surface area contributed by atoms with Crippen molar-refractivity contribution >= 4 is 17.5 Å². The first kappa shape index (κ1) is 18.5. The molecule has 0 spiro atoms. The average molecular weight is 340 g/mol. The average Bonchev–Trinajstić information content (AvgIpc) is 2.60. The van der Waals surface area contributed by atoms with Crippen molar-refractivity contribution in [3.63, 3.8) is 0 Å². The van der Waals surface area contributed by atoms with Gasteiger partial charge in [-0.1, -0.05) is 36.8 Å². The number of carbonyl (C=O) groups is 2. The van der Waals surface area contributed by atoms with Gasteiger partial charge in [0, 0.05) is 12.1 Å². The summed E-state index contributed by atoms with van der Waals surface area (Å²) >= 11 is 0. The second-order valence-corrected chi connectivity index (χ2v) is 5.93. The van der Waals surface area contributed by atoms with Crippen molar-refractivity contribution in [1.29, 1.82) is 0 Å². The monoisotopic (exact) mass is 340 g/mol. The smallest absolute Gasteiger partial charge is 0.243 e. The topological polar surface area (TPSA) is 67.4 Å². The molecule has 2 aromatic carbocycles. The standard InChI is InChI=1S/C20H24N2O3/c1-4-19(23)21-12-20(24)22-18-9-8-17(11-15(18)3)25-13-16-7-5-6-14(2)10-16/h5-11H,4,12-13H2,1-3H3,(H,21,23)(H,22,24). The lowest BCUT2D eigenvalue weighted by Crippen LogP contribution is -2.32. The Balaban J connectivity index is 1.91. The summed E-state index contributed by atoms with van der Waals surface area (Å²) < 4.78 is 5.81. The van der Waals surface area contributed by atoms with E-state index in [4.69, 9.17) is 4.74 Å². The Morgan fingerprint density at radius 1 is 1.04 bits per heavy atom. The normalized spacial score (nSPS) is 10.2. The molecule has 2 N–H and O–H groups in total. The van der Waals surface area contributed by atoms with Crippen LogP contribution in [0.2, 0.25) is 0 Å². The first-order valence-electron chi connectivity index (χ1n) is 8.33. The molecule has 2 rings (SSSR count). The summed E-state index contributed by atoms with van der Waals surface area (Å²) in [6.45, 7) is 6.16. The fourth-order valence-electron chi connectivity index (χ4n) is 2.33. The molecule has 0 saturated carbocycles. The summed E-state index contributed by atoms with van der Waals surface area (Å²) in [6.07, 6.45) is 0.360. The zero-order valence-corrected chi connectivity index (χ0v) is 14.9. The Morgan fingerprint density at radius 3 is 2.52 bits per heavy atom. The second kappa shape index (κ2) is 8.87. The highest BCUT2D eigenvalue weighted by Gasteiger charge is 2.07. The maximum atomic E-state index is 11.9. The van der Waals surface area contributed by atoms with E-state index in [0.717, 1.165) is 16.9 Å². The summed E-state index contributed by atoms with van der Waals surface area (Å²) in [6, 6.07) is 13.7. The van der Waals surface area contributed by atoms with Crippen LogP contribution >= 0.6 is 0 Å². The van der Waals surface area contributed by atoms with Gasteiger partial charge in [-0.2, -0.15) is 0 Å². The van der Waals surface area contributed by atoms with Crippen molar-refractivity contribution in [1.82, 2.24) is 5.32 Å². The van der Waals surface area contributed by atoms with Crippen molar-refractivity contribution < 1.29 is 14.3 Å². The number of hydrogen-bond acceptors (Lipinski definition) is 3. The molecular weight excluding hydrogens is 316 g/mol. The van der Waals surface area contributed by atoms with Crippen molar-refractivity contribution in [2.75, 3.05) is 11.9 Å². The van der Waals surface area contributed by atoms with E-state index in [9.17, 15) is 9.59 Å². The predicted octanol–water partition coefficient (Wildman–Crippen LogP) is 3.35. The number of nitrogens with one attached hydrogen (secondary N) is 2. The number of anilines is 1. The number of ether oxygens (including phenoxy) is 1. The van der Waals surface area contributed by atoms with Crippen LogP contribution < -0.4 is 15.4 Å². The van der Waals surface area contributed by atoms with Crippen molar-refractivity contribution in [2.24, 2.45) is 0 Å². The van der Waals surface area contributed by atoms with Gasteiger partial charge in [0.15, 0.2) is 0 Å². The molecule has 132 valence electrons. The van der Waals surface area contributed by atoms with Gasteiger partial charge in [-0.3, -0.25) is 9.59 Å². The van der Waals surface area contributed by atoms with E-state index in [1.165, 1.54) is 5.56 Å². The molecule has 0 atom stereocenters. The van der Waals surface area contributed by atoms with Crippen LogP contribution in [0.5, 0.6) is 5.75 Å². The fraction of sp³-hybridized carbons (Fsp3) is 0.300. The fourth-order valence-corrected chi connectivity index (χ4v) is 2.33. The third-order valence-electron chi connectivity index (χ3n) is 3.73. The lowest BCUT2D eigenvalue weighted by atomic mass is 10.1. The van der Waals surface area contributed by atoms with E-state index in [-0.39, 0.29) is 18.4 Å². The summed E-state index contributed by atoms with van der Waals surface area (Å²) in [5.41, 5.74) is 3.92. The SMILES string of the molecule is CCC(=O)NCC(=O)Nc1ccc(OCc2cccc(C)c2)cc1C. The molecule has 0 heterocycles. The third-order valence-corrected chi connectivity index (χ3v) is 3.73. The first-order valence-corrected chi connectivity index (χ1v) is 8.33. The Morgan fingerprint density at radius 2 is 1.84 bits per heavy atom. The molecule has 5 nitrogen and oxygen atoms in total. The van der Waals surface area contributed by atoms with E-state index < -0.39 is 0 Å². The van der Waals surface area contributed by atoms with Crippen molar-refractivity contribution in [3.05, 3.63) is 59.2 Å². The number of aryl methyl sites for hydroxylation is 2. The van der Waals surface area contributed by atoms with Gasteiger partial charge in [0.25, 0.3) is 0 Å². The highest BCUT2D eigenvalue weighted by atomic mass is 16.5. The molecule has 0 aromatic heterocycles. The van der Waals surface area contributed by atoms with Crippen LogP contribution in [0.1, 0.15) is 30.0 Å². The molecule has 0 aliphatic heterocycles. The number of benzene rings is 2. The summed E-state index contributed by atoms with van der Waals surface area (Å²) in [5.74, 6) is 0.349. The highest BCUT2D eigenvalue weighted by Crippen LogP contribution is 2.22. The minimum Gasteiger partial charge on any atom is -0.489 e. The minimum atomic E-state index is -0.252. The van der Waals surface area contributed by atoms with Crippen LogP contribution in [0.25, 0.3) is 0 Å². The number of amides is 2. The van der Waals surface area contributed by atoms with Gasteiger partial charge in [0.05, 0.1) is 6.54 Å². The lowest BCUT2D eigenvalue weighted by Gasteiger charge is -2.12. The number of rotatable bonds is 7. The number of carbonyl (C=O) groups excluding carboxylic acids is 2. The Labute approximate surface area is 148 Å². The first-order chi connectivity index (χ1) is 12.0. The van der Waals surface area contributed by atoms with Crippen LogP contribution in [0, 0.1) is 13.8 Å². The molecular formula is C20H24N2O3. The maximum Gasteiger partial charge on any atom is 0.243 e. The largest absolute Gasteiger partial charge is 0.489 e. The number of hydrogen-bond donors (Lipinski definition) is 2. The van der Waals surface area contributed by atoms with Crippen LogP contribution in [0.4, 0.5) is 5.69 Å². The van der Waals surface area contributed by atoms with E-state index >= 15 is 0 Å². The third kappa shape index (κ3) is 5.95. The van der Waals surface area contributed by atoms with E-state index in [0.29, 0.717) is 18.7 Å².